The van der Waals surface area contributed by atoms with Gasteiger partial charge in [-0.1, -0.05) is 30.3 Å². The Balaban J connectivity index is 2.04. The molecule has 0 atom stereocenters. The lowest BCUT2D eigenvalue weighted by atomic mass is 10.2. The third-order valence-electron chi connectivity index (χ3n) is 2.73. The van der Waals surface area contributed by atoms with Gasteiger partial charge in [0.1, 0.15) is 0 Å². The van der Waals surface area contributed by atoms with Crippen molar-refractivity contribution in [2.24, 2.45) is 0 Å². The molecule has 0 fully saturated rings. The summed E-state index contributed by atoms with van der Waals surface area (Å²) in [5.74, 6) is -0.118. The van der Waals surface area contributed by atoms with Crippen LogP contribution in [0.5, 0.6) is 0 Å². The van der Waals surface area contributed by atoms with Crippen molar-refractivity contribution in [3.05, 3.63) is 59.9 Å². The van der Waals surface area contributed by atoms with E-state index in [1.807, 2.05) is 37.3 Å². The van der Waals surface area contributed by atoms with Gasteiger partial charge in [-0.25, -0.2) is 0 Å². The number of anilines is 1. The van der Waals surface area contributed by atoms with E-state index in [4.69, 9.17) is 0 Å². The number of amides is 1. The molecule has 4 nitrogen and oxygen atoms in total. The van der Waals surface area contributed by atoms with Gasteiger partial charge in [0.2, 0.25) is 0 Å². The lowest BCUT2D eigenvalue weighted by Crippen LogP contribution is -2.24. The van der Waals surface area contributed by atoms with E-state index < -0.39 is 0 Å². The Morgan fingerprint density at radius 2 is 2.00 bits per heavy atom. The molecule has 0 radical (unpaired) electrons. The number of carbonyl (C=O) groups excluding carboxylic acids is 1. The third-order valence-corrected chi connectivity index (χ3v) is 2.73. The number of hydrogen-bond acceptors (Lipinski definition) is 3. The molecule has 0 bridgehead atoms. The predicted molar refractivity (Wildman–Crippen MR) is 76.0 cm³/mol. The summed E-state index contributed by atoms with van der Waals surface area (Å²) in [4.78, 5) is 16.1. The first-order chi connectivity index (χ1) is 9.31. The molecule has 0 saturated carbocycles. The summed E-state index contributed by atoms with van der Waals surface area (Å²) in [6.07, 6.45) is 3.25. The number of benzene rings is 1. The van der Waals surface area contributed by atoms with E-state index in [-0.39, 0.29) is 5.91 Å². The largest absolute Gasteiger partial charge is 0.385 e. The van der Waals surface area contributed by atoms with Gasteiger partial charge in [0.25, 0.3) is 5.91 Å². The van der Waals surface area contributed by atoms with Gasteiger partial charge in [0.15, 0.2) is 0 Å². The minimum absolute atomic E-state index is 0.118. The first-order valence-electron chi connectivity index (χ1n) is 6.31. The summed E-state index contributed by atoms with van der Waals surface area (Å²) in [5, 5.41) is 6.05. The fraction of sp³-hybridized carbons (Fsp3) is 0.200. The number of carbonyl (C=O) groups is 1. The molecule has 0 aliphatic carbocycles. The first-order valence-corrected chi connectivity index (χ1v) is 6.31. The highest BCUT2D eigenvalue weighted by atomic mass is 16.1. The number of nitrogens with zero attached hydrogens (tertiary/aromatic N) is 1. The topological polar surface area (TPSA) is 54.0 Å². The lowest BCUT2D eigenvalue weighted by Gasteiger charge is -2.10. The van der Waals surface area contributed by atoms with Crippen molar-refractivity contribution in [1.82, 2.24) is 10.3 Å². The predicted octanol–water partition coefficient (Wildman–Crippen LogP) is 2.44. The van der Waals surface area contributed by atoms with Crippen molar-refractivity contribution in [2.75, 3.05) is 11.9 Å². The van der Waals surface area contributed by atoms with E-state index in [9.17, 15) is 4.79 Å². The molecular formula is C15H17N3O. The minimum Gasteiger partial charge on any atom is -0.385 e. The maximum atomic E-state index is 12.1. The maximum absolute atomic E-state index is 12.1. The summed E-state index contributed by atoms with van der Waals surface area (Å²) >= 11 is 0. The summed E-state index contributed by atoms with van der Waals surface area (Å²) in [6.45, 7) is 3.27. The molecule has 0 unspecified atom stereocenters. The van der Waals surface area contributed by atoms with Crippen LogP contribution in [0.15, 0.2) is 48.8 Å². The van der Waals surface area contributed by atoms with Crippen molar-refractivity contribution in [3.8, 4) is 0 Å². The Morgan fingerprint density at radius 3 is 2.74 bits per heavy atom. The molecule has 2 N–H and O–H groups in total. The highest BCUT2D eigenvalue weighted by molar-refractivity contribution is 5.99. The van der Waals surface area contributed by atoms with E-state index in [0.717, 1.165) is 17.8 Å². The number of rotatable bonds is 5. The zero-order valence-corrected chi connectivity index (χ0v) is 10.9. The van der Waals surface area contributed by atoms with Gasteiger partial charge in [0.05, 0.1) is 11.3 Å². The van der Waals surface area contributed by atoms with Gasteiger partial charge in [-0.2, -0.15) is 0 Å². The Bertz CT molecular complexity index is 540. The van der Waals surface area contributed by atoms with Gasteiger partial charge in [-0.3, -0.25) is 9.78 Å². The second-order valence-electron chi connectivity index (χ2n) is 4.12. The summed E-state index contributed by atoms with van der Waals surface area (Å²) < 4.78 is 0. The molecule has 4 heteroatoms. The molecule has 1 aromatic carbocycles. The van der Waals surface area contributed by atoms with Gasteiger partial charge < -0.3 is 10.6 Å². The van der Waals surface area contributed by atoms with Crippen molar-refractivity contribution >= 4 is 11.6 Å². The van der Waals surface area contributed by atoms with Crippen LogP contribution in [-0.2, 0) is 6.54 Å². The first kappa shape index (κ1) is 13.1. The second-order valence-corrected chi connectivity index (χ2v) is 4.12. The average molecular weight is 255 g/mol. The van der Waals surface area contributed by atoms with Crippen molar-refractivity contribution < 1.29 is 4.79 Å². The van der Waals surface area contributed by atoms with Crippen LogP contribution in [0.25, 0.3) is 0 Å². The van der Waals surface area contributed by atoms with Crippen LogP contribution in [-0.4, -0.2) is 17.4 Å². The molecule has 0 spiro atoms. The molecule has 1 amide bonds. The van der Waals surface area contributed by atoms with Crippen LogP contribution in [0.1, 0.15) is 22.8 Å². The Labute approximate surface area is 112 Å². The average Bonchev–Trinajstić information content (AvgIpc) is 2.47. The lowest BCUT2D eigenvalue weighted by molar-refractivity contribution is 0.0951. The normalized spacial score (nSPS) is 9.95. The Kier molecular flexibility index (Phi) is 4.50. The fourth-order valence-corrected chi connectivity index (χ4v) is 1.79. The maximum Gasteiger partial charge on any atom is 0.255 e. The number of nitrogens with one attached hydrogen (secondary N) is 2. The summed E-state index contributed by atoms with van der Waals surface area (Å²) in [7, 11) is 0. The smallest absolute Gasteiger partial charge is 0.255 e. The molecule has 0 aliphatic rings. The van der Waals surface area contributed by atoms with Crippen LogP contribution in [0, 0.1) is 0 Å². The second kappa shape index (κ2) is 6.54. The molecule has 1 heterocycles. The molecule has 2 rings (SSSR count). The SMILES string of the molecule is CCNc1ccncc1C(=O)NCc1ccccc1. The van der Waals surface area contributed by atoms with E-state index >= 15 is 0 Å². The van der Waals surface area contributed by atoms with Crippen LogP contribution >= 0.6 is 0 Å². The molecule has 0 saturated heterocycles. The molecule has 0 aliphatic heterocycles. The number of pyridine rings is 1. The number of hydrogen-bond donors (Lipinski definition) is 2. The van der Waals surface area contributed by atoms with Crippen LogP contribution in [0.4, 0.5) is 5.69 Å². The standard InChI is InChI=1S/C15H17N3O/c1-2-17-14-8-9-16-11-13(14)15(19)18-10-12-6-4-3-5-7-12/h3-9,11H,2,10H2,1H3,(H,16,17)(H,18,19). The van der Waals surface area contributed by atoms with Gasteiger partial charge in [-0.05, 0) is 18.6 Å². The fourth-order valence-electron chi connectivity index (χ4n) is 1.79. The Hall–Kier alpha value is -2.36. The zero-order chi connectivity index (χ0) is 13.5. The quantitative estimate of drug-likeness (QED) is 0.862. The van der Waals surface area contributed by atoms with Crippen LogP contribution in [0.2, 0.25) is 0 Å². The monoisotopic (exact) mass is 255 g/mol. The van der Waals surface area contributed by atoms with Crippen LogP contribution < -0.4 is 10.6 Å². The van der Waals surface area contributed by atoms with E-state index in [1.165, 1.54) is 0 Å². The van der Waals surface area contributed by atoms with Gasteiger partial charge in [-0.15, -0.1) is 0 Å². The molecule has 2 aromatic rings. The highest BCUT2D eigenvalue weighted by Crippen LogP contribution is 2.13. The summed E-state index contributed by atoms with van der Waals surface area (Å²) in [6, 6.07) is 11.6. The van der Waals surface area contributed by atoms with Crippen molar-refractivity contribution in [2.45, 2.75) is 13.5 Å². The minimum atomic E-state index is -0.118. The van der Waals surface area contributed by atoms with E-state index in [2.05, 4.69) is 15.6 Å². The van der Waals surface area contributed by atoms with Crippen molar-refractivity contribution in [3.63, 3.8) is 0 Å². The molecule has 98 valence electrons. The van der Waals surface area contributed by atoms with Crippen molar-refractivity contribution in [1.29, 1.82) is 0 Å². The van der Waals surface area contributed by atoms with Gasteiger partial charge in [0, 0.05) is 25.5 Å². The highest BCUT2D eigenvalue weighted by Gasteiger charge is 2.10. The zero-order valence-electron chi connectivity index (χ0n) is 10.9. The van der Waals surface area contributed by atoms with Gasteiger partial charge >= 0.3 is 0 Å². The summed E-state index contributed by atoms with van der Waals surface area (Å²) in [5.41, 5.74) is 2.45. The molecule has 1 aromatic heterocycles. The molecular weight excluding hydrogens is 238 g/mol. The molecule has 19 heavy (non-hydrogen) atoms. The van der Waals surface area contributed by atoms with E-state index in [1.54, 1.807) is 18.5 Å². The Morgan fingerprint density at radius 1 is 1.21 bits per heavy atom. The van der Waals surface area contributed by atoms with Crippen LogP contribution in [0.3, 0.4) is 0 Å². The number of aromatic nitrogens is 1. The third kappa shape index (κ3) is 3.55. The van der Waals surface area contributed by atoms with E-state index in [0.29, 0.717) is 12.1 Å².